The molecule has 0 saturated carbocycles. The second kappa shape index (κ2) is 12.3. The molecule has 4 aromatic rings. The van der Waals surface area contributed by atoms with Crippen molar-refractivity contribution in [2.75, 3.05) is 56.8 Å². The van der Waals surface area contributed by atoms with Crippen molar-refractivity contribution >= 4 is 40.0 Å². The maximum Gasteiger partial charge on any atom is 0.406 e. The Morgan fingerprint density at radius 1 is 1.15 bits per heavy atom. The van der Waals surface area contributed by atoms with Crippen LogP contribution in [0.2, 0.25) is 0 Å². The number of likely N-dealkylation sites (N-methyl/N-ethyl adjacent to an activating group) is 2. The second-order valence-electron chi connectivity index (χ2n) is 9.40. The molecule has 0 aliphatic carbocycles. The predicted octanol–water partition coefficient (Wildman–Crippen LogP) is 4.93. The first-order valence-corrected chi connectivity index (χ1v) is 12.4. The lowest BCUT2D eigenvalue weighted by Crippen LogP contribution is -2.29. The van der Waals surface area contributed by atoms with Crippen molar-refractivity contribution in [3.8, 4) is 17.3 Å². The van der Waals surface area contributed by atoms with Crippen molar-refractivity contribution < 1.29 is 26.8 Å². The number of imidazole rings is 1. The van der Waals surface area contributed by atoms with Crippen LogP contribution in [0.25, 0.3) is 22.6 Å². The van der Waals surface area contributed by atoms with Gasteiger partial charge in [0.2, 0.25) is 11.9 Å². The van der Waals surface area contributed by atoms with Gasteiger partial charge in [-0.3, -0.25) is 4.79 Å². The van der Waals surface area contributed by atoms with Gasteiger partial charge in [0, 0.05) is 32.4 Å². The van der Waals surface area contributed by atoms with Crippen molar-refractivity contribution in [1.29, 1.82) is 0 Å². The van der Waals surface area contributed by atoms with Gasteiger partial charge < -0.3 is 29.7 Å². The number of carbonyl (C=O) groups is 1. The number of aromatic nitrogens is 4. The van der Waals surface area contributed by atoms with Gasteiger partial charge in [-0.15, -0.1) is 0 Å². The van der Waals surface area contributed by atoms with E-state index >= 15 is 0 Å². The number of halogens is 3. The smallest absolute Gasteiger partial charge is 0.406 e. The van der Waals surface area contributed by atoms with E-state index in [4.69, 9.17) is 8.85 Å². The van der Waals surface area contributed by atoms with Gasteiger partial charge >= 0.3 is 6.18 Å². The predicted molar refractivity (Wildman–Crippen MR) is 154 cm³/mol. The van der Waals surface area contributed by atoms with Gasteiger partial charge in [-0.1, -0.05) is 18.7 Å². The van der Waals surface area contributed by atoms with Gasteiger partial charge in [0.05, 0.1) is 39.2 Å². The monoisotopic (exact) mass is 571 g/mol. The molecular formula is C28H31F3N8O2. The molecule has 2 aromatic heterocycles. The topological polar surface area (TPSA) is 100 Å². The summed E-state index contributed by atoms with van der Waals surface area (Å²) in [5, 5.41) is 5.61. The lowest BCUT2D eigenvalue weighted by Gasteiger charge is -2.26. The molecule has 2 N–H and O–H groups in total. The summed E-state index contributed by atoms with van der Waals surface area (Å²) in [6.07, 6.45) is -2.11. The maximum atomic E-state index is 13.5. The Balaban J connectivity index is 1.80. The average molecular weight is 572 g/mol. The van der Waals surface area contributed by atoms with Crippen LogP contribution < -0.4 is 20.3 Å². The minimum Gasteiger partial charge on any atom is -0.494 e. The third-order valence-corrected chi connectivity index (χ3v) is 6.07. The molecule has 0 bridgehead atoms. The quantitative estimate of drug-likeness (QED) is 0.245. The van der Waals surface area contributed by atoms with Gasteiger partial charge in [0.1, 0.15) is 18.0 Å². The fourth-order valence-electron chi connectivity index (χ4n) is 4.10. The number of ether oxygens (including phenoxy) is 1. The first-order chi connectivity index (χ1) is 20.6. The molecular weight excluding hydrogens is 537 g/mol. The Morgan fingerprint density at radius 2 is 1.93 bits per heavy atom. The number of benzene rings is 2. The molecule has 1 amide bonds. The number of fused-ring (bicyclic) bond motifs is 1. The molecule has 13 heteroatoms. The molecule has 0 atom stereocenters. The van der Waals surface area contributed by atoms with Crippen LogP contribution in [0.3, 0.4) is 0 Å². The number of hydrogen-bond acceptors (Lipinski definition) is 8. The van der Waals surface area contributed by atoms with Crippen LogP contribution in [0.15, 0.2) is 61.3 Å². The van der Waals surface area contributed by atoms with Crippen LogP contribution >= 0.6 is 0 Å². The Bertz CT molecular complexity index is 1660. The van der Waals surface area contributed by atoms with E-state index in [9.17, 15) is 18.0 Å². The molecule has 216 valence electrons. The van der Waals surface area contributed by atoms with Gasteiger partial charge in [-0.25, -0.2) is 15.0 Å². The molecule has 0 saturated heterocycles. The molecule has 41 heavy (non-hydrogen) atoms. The lowest BCUT2D eigenvalue weighted by molar-refractivity contribution is -0.139. The number of nitrogens with one attached hydrogen (secondary N) is 2. The van der Waals surface area contributed by atoms with Gasteiger partial charge in [-0.2, -0.15) is 13.2 Å². The number of amides is 1. The Hall–Kier alpha value is -4.65. The van der Waals surface area contributed by atoms with Gasteiger partial charge in [-0.05, 0) is 44.4 Å². The fourth-order valence-corrected chi connectivity index (χ4v) is 4.10. The number of methoxy groups -OCH3 is 1. The summed E-state index contributed by atoms with van der Waals surface area (Å²) in [6, 6.07) is 10.7. The Labute approximate surface area is 239 Å². The molecule has 0 fully saturated rings. The molecule has 0 spiro atoms. The number of anilines is 4. The van der Waals surface area contributed by atoms with Crippen LogP contribution in [-0.4, -0.2) is 77.8 Å². The third-order valence-electron chi connectivity index (χ3n) is 6.07. The highest BCUT2D eigenvalue weighted by atomic mass is 19.4. The van der Waals surface area contributed by atoms with E-state index in [1.807, 2.05) is 23.9 Å². The van der Waals surface area contributed by atoms with E-state index in [0.29, 0.717) is 30.0 Å². The van der Waals surface area contributed by atoms with Gasteiger partial charge in [0.15, 0.2) is 5.82 Å². The SMILES string of the molecule is [2H]C([2H])([2H])Oc1cc(N(C)CCN(C)C)c(NC(=O)C=C)cc1Nc1nccc(-c2nc3ccccc3n2CC(F)(F)F)n1. The van der Waals surface area contributed by atoms with E-state index in [1.54, 1.807) is 25.2 Å². The lowest BCUT2D eigenvalue weighted by atomic mass is 10.2. The minimum absolute atomic E-state index is 0.0373. The van der Waals surface area contributed by atoms with Crippen molar-refractivity contribution in [3.05, 3.63) is 61.3 Å². The van der Waals surface area contributed by atoms with Crippen molar-refractivity contribution in [1.82, 2.24) is 24.4 Å². The highest BCUT2D eigenvalue weighted by molar-refractivity contribution is 6.02. The summed E-state index contributed by atoms with van der Waals surface area (Å²) in [4.78, 5) is 29.0. The molecule has 0 unspecified atom stereocenters. The Kier molecular flexibility index (Phi) is 7.57. The highest BCUT2D eigenvalue weighted by Gasteiger charge is 2.31. The molecule has 2 aromatic carbocycles. The minimum atomic E-state index is -4.53. The first-order valence-electron chi connectivity index (χ1n) is 13.9. The molecule has 4 rings (SSSR count). The summed E-state index contributed by atoms with van der Waals surface area (Å²) in [5.41, 5.74) is 1.55. The summed E-state index contributed by atoms with van der Waals surface area (Å²) in [5.74, 6) is -0.737. The summed E-state index contributed by atoms with van der Waals surface area (Å²) < 4.78 is 70.0. The van der Waals surface area contributed by atoms with E-state index in [-0.39, 0.29) is 34.4 Å². The van der Waals surface area contributed by atoms with E-state index < -0.39 is 25.7 Å². The fraction of sp³-hybridized carbons (Fsp3) is 0.286. The van der Waals surface area contributed by atoms with Crippen molar-refractivity contribution in [2.45, 2.75) is 12.7 Å². The molecule has 0 aliphatic heterocycles. The maximum absolute atomic E-state index is 13.5. The highest BCUT2D eigenvalue weighted by Crippen LogP contribution is 2.38. The van der Waals surface area contributed by atoms with Crippen LogP contribution in [0, 0.1) is 0 Å². The van der Waals surface area contributed by atoms with Crippen molar-refractivity contribution in [3.63, 3.8) is 0 Å². The zero-order chi connectivity index (χ0) is 32.2. The Morgan fingerprint density at radius 3 is 2.63 bits per heavy atom. The normalized spacial score (nSPS) is 12.9. The zero-order valence-electron chi connectivity index (χ0n) is 25.7. The molecule has 0 radical (unpaired) electrons. The number of rotatable bonds is 11. The standard InChI is InChI=1S/C28H31F3N8O2/c1-6-25(40)33-20-15-21(24(41-5)16-23(20)38(4)14-13-37(2)3)36-27-32-12-11-19(35-27)26-34-18-9-7-8-10-22(18)39(26)17-28(29,30)31/h6-12,15-16H,1,13-14,17H2,2-5H3,(H,33,40)(H,32,35,36)/i5D3. The van der Waals surface area contributed by atoms with Gasteiger partial charge in [0.25, 0.3) is 0 Å². The number of hydrogen-bond donors (Lipinski definition) is 2. The first kappa shape index (κ1) is 25.3. The van der Waals surface area contributed by atoms with Crippen LogP contribution in [0.5, 0.6) is 5.75 Å². The van der Waals surface area contributed by atoms with Crippen LogP contribution in [-0.2, 0) is 11.3 Å². The number of nitrogens with zero attached hydrogens (tertiary/aromatic N) is 6. The number of para-hydroxylation sites is 2. The molecule has 0 aliphatic rings. The molecule has 10 nitrogen and oxygen atoms in total. The van der Waals surface area contributed by atoms with E-state index in [2.05, 4.69) is 32.2 Å². The average Bonchev–Trinajstić information content (AvgIpc) is 3.29. The second-order valence-corrected chi connectivity index (χ2v) is 9.40. The zero-order valence-corrected chi connectivity index (χ0v) is 22.7. The van der Waals surface area contributed by atoms with Crippen molar-refractivity contribution in [2.24, 2.45) is 0 Å². The van der Waals surface area contributed by atoms with Crippen LogP contribution in [0.4, 0.5) is 36.2 Å². The van der Waals surface area contributed by atoms with E-state index in [1.165, 1.54) is 30.5 Å². The summed E-state index contributed by atoms with van der Waals surface area (Å²) in [7, 11) is 2.73. The summed E-state index contributed by atoms with van der Waals surface area (Å²) >= 11 is 0. The largest absolute Gasteiger partial charge is 0.494 e. The van der Waals surface area contributed by atoms with E-state index in [0.717, 1.165) is 10.6 Å². The summed E-state index contributed by atoms with van der Waals surface area (Å²) in [6.45, 7) is 3.37. The van der Waals surface area contributed by atoms with Crippen LogP contribution in [0.1, 0.15) is 4.11 Å². The third kappa shape index (κ3) is 7.11. The number of carbonyl (C=O) groups excluding carboxylic acids is 1. The molecule has 2 heterocycles. The number of alkyl halides is 3.